The van der Waals surface area contributed by atoms with Crippen molar-refractivity contribution in [3.63, 3.8) is 0 Å². The standard InChI is InChI=1S/C17H14ClNO2/c18-19-10-15(11-21)16-9-14(5-6-17(16)19)13-3-1-12(2-4-13)7-8-20/h1-6,9-11,20H,7-8H2. The first kappa shape index (κ1) is 13.9. The maximum absolute atomic E-state index is 11.1. The van der Waals surface area contributed by atoms with Gasteiger partial charge in [0, 0.05) is 35.5 Å². The van der Waals surface area contributed by atoms with E-state index in [0.29, 0.717) is 12.0 Å². The lowest BCUT2D eigenvalue weighted by molar-refractivity contribution is 0.112. The second-order valence-corrected chi connectivity index (χ2v) is 5.28. The number of aliphatic hydroxyl groups is 1. The van der Waals surface area contributed by atoms with Crippen molar-refractivity contribution in [1.82, 2.24) is 4.09 Å². The van der Waals surface area contributed by atoms with Gasteiger partial charge in [0.15, 0.2) is 6.29 Å². The molecular formula is C17H14ClNO2. The van der Waals surface area contributed by atoms with Gasteiger partial charge in [-0.2, -0.15) is 0 Å². The number of hydrogen-bond acceptors (Lipinski definition) is 2. The predicted octanol–water partition coefficient (Wildman–Crippen LogP) is 3.66. The summed E-state index contributed by atoms with van der Waals surface area (Å²) in [7, 11) is 0. The van der Waals surface area contributed by atoms with E-state index < -0.39 is 0 Å². The highest BCUT2D eigenvalue weighted by Crippen LogP contribution is 2.28. The lowest BCUT2D eigenvalue weighted by Crippen LogP contribution is -1.90. The molecule has 0 unspecified atom stereocenters. The van der Waals surface area contributed by atoms with Gasteiger partial charge in [-0.25, -0.2) is 0 Å². The smallest absolute Gasteiger partial charge is 0.152 e. The van der Waals surface area contributed by atoms with Gasteiger partial charge in [-0.3, -0.25) is 8.88 Å². The molecule has 3 aromatic rings. The number of rotatable bonds is 4. The van der Waals surface area contributed by atoms with Crippen molar-refractivity contribution in [2.24, 2.45) is 0 Å². The number of carbonyl (C=O) groups excluding carboxylic acids is 1. The Bertz CT molecular complexity index is 790. The van der Waals surface area contributed by atoms with Gasteiger partial charge >= 0.3 is 0 Å². The van der Waals surface area contributed by atoms with E-state index in [0.717, 1.165) is 33.9 Å². The van der Waals surface area contributed by atoms with E-state index in [1.165, 1.54) is 4.09 Å². The Balaban J connectivity index is 2.05. The summed E-state index contributed by atoms with van der Waals surface area (Å²) in [6.45, 7) is 0.150. The van der Waals surface area contributed by atoms with Gasteiger partial charge in [-0.05, 0) is 35.2 Å². The fourth-order valence-corrected chi connectivity index (χ4v) is 2.73. The summed E-state index contributed by atoms with van der Waals surface area (Å²) in [4.78, 5) is 11.1. The SMILES string of the molecule is O=Cc1cn(Cl)c2ccc(-c3ccc(CCO)cc3)cc12. The summed E-state index contributed by atoms with van der Waals surface area (Å²) in [5, 5.41) is 9.78. The molecule has 0 spiro atoms. The molecule has 0 aliphatic heterocycles. The number of aromatic nitrogens is 1. The summed E-state index contributed by atoms with van der Waals surface area (Å²) >= 11 is 6.04. The number of nitrogens with zero attached hydrogens (tertiary/aromatic N) is 1. The average molecular weight is 300 g/mol. The molecule has 21 heavy (non-hydrogen) atoms. The van der Waals surface area contributed by atoms with Crippen molar-refractivity contribution in [2.75, 3.05) is 6.61 Å². The summed E-state index contributed by atoms with van der Waals surface area (Å²) in [6.07, 6.45) is 3.09. The normalized spacial score (nSPS) is 11.0. The predicted molar refractivity (Wildman–Crippen MR) is 84.8 cm³/mol. The molecule has 1 aromatic heterocycles. The summed E-state index contributed by atoms with van der Waals surface area (Å²) in [5.41, 5.74) is 4.60. The fraction of sp³-hybridized carbons (Fsp3) is 0.118. The quantitative estimate of drug-likeness (QED) is 0.747. The van der Waals surface area contributed by atoms with E-state index in [2.05, 4.69) is 0 Å². The molecule has 0 bridgehead atoms. The van der Waals surface area contributed by atoms with Crippen molar-refractivity contribution in [3.05, 3.63) is 59.8 Å². The monoisotopic (exact) mass is 299 g/mol. The van der Waals surface area contributed by atoms with E-state index in [-0.39, 0.29) is 6.61 Å². The molecule has 1 heterocycles. The first-order chi connectivity index (χ1) is 10.2. The van der Waals surface area contributed by atoms with Gasteiger partial charge in [0.1, 0.15) is 0 Å². The minimum Gasteiger partial charge on any atom is -0.396 e. The van der Waals surface area contributed by atoms with Gasteiger partial charge in [0.2, 0.25) is 0 Å². The number of aldehydes is 1. The lowest BCUT2D eigenvalue weighted by Gasteiger charge is -2.05. The van der Waals surface area contributed by atoms with Crippen LogP contribution in [0.1, 0.15) is 15.9 Å². The Labute approximate surface area is 127 Å². The van der Waals surface area contributed by atoms with Crippen LogP contribution in [0.25, 0.3) is 22.0 Å². The Hall–Kier alpha value is -2.10. The summed E-state index contributed by atoms with van der Waals surface area (Å²) in [6, 6.07) is 13.9. The molecule has 4 heteroatoms. The zero-order valence-corrected chi connectivity index (χ0v) is 12.0. The lowest BCUT2D eigenvalue weighted by atomic mass is 10.0. The van der Waals surface area contributed by atoms with E-state index in [9.17, 15) is 4.79 Å². The maximum atomic E-state index is 11.1. The molecule has 0 fully saturated rings. The Morgan fingerprint density at radius 2 is 1.81 bits per heavy atom. The van der Waals surface area contributed by atoms with Crippen LogP contribution in [-0.4, -0.2) is 22.1 Å². The van der Waals surface area contributed by atoms with Crippen LogP contribution in [0.3, 0.4) is 0 Å². The molecule has 0 amide bonds. The second-order valence-electron chi connectivity index (χ2n) is 4.92. The van der Waals surface area contributed by atoms with Crippen LogP contribution in [0.5, 0.6) is 0 Å². The van der Waals surface area contributed by atoms with Gasteiger partial charge in [-0.1, -0.05) is 30.3 Å². The van der Waals surface area contributed by atoms with Crippen LogP contribution < -0.4 is 0 Å². The molecule has 0 saturated carbocycles. The molecule has 0 aliphatic rings. The van der Waals surface area contributed by atoms with Gasteiger partial charge in [-0.15, -0.1) is 0 Å². The summed E-state index contributed by atoms with van der Waals surface area (Å²) in [5.74, 6) is 0. The molecule has 3 nitrogen and oxygen atoms in total. The van der Waals surface area contributed by atoms with Gasteiger partial charge in [0.25, 0.3) is 0 Å². The van der Waals surface area contributed by atoms with Crippen LogP contribution in [-0.2, 0) is 6.42 Å². The van der Waals surface area contributed by atoms with Gasteiger partial charge in [0.05, 0.1) is 5.52 Å². The molecule has 106 valence electrons. The molecule has 1 N–H and O–H groups in total. The van der Waals surface area contributed by atoms with Crippen molar-refractivity contribution < 1.29 is 9.90 Å². The zero-order chi connectivity index (χ0) is 14.8. The highest BCUT2D eigenvalue weighted by Gasteiger charge is 2.08. The van der Waals surface area contributed by atoms with Crippen LogP contribution in [0, 0.1) is 0 Å². The number of fused-ring (bicyclic) bond motifs is 1. The largest absolute Gasteiger partial charge is 0.396 e. The van der Waals surface area contributed by atoms with Crippen molar-refractivity contribution >= 4 is 29.0 Å². The first-order valence-electron chi connectivity index (χ1n) is 6.69. The Morgan fingerprint density at radius 3 is 2.48 bits per heavy atom. The van der Waals surface area contributed by atoms with Crippen molar-refractivity contribution in [2.45, 2.75) is 6.42 Å². The minimum absolute atomic E-state index is 0.150. The molecular weight excluding hydrogens is 286 g/mol. The number of aliphatic hydroxyl groups excluding tert-OH is 1. The van der Waals surface area contributed by atoms with Crippen LogP contribution in [0.15, 0.2) is 48.7 Å². The molecule has 0 atom stereocenters. The number of halogens is 1. The molecule has 0 aliphatic carbocycles. The molecule has 2 aromatic carbocycles. The van der Waals surface area contributed by atoms with E-state index >= 15 is 0 Å². The third-order valence-electron chi connectivity index (χ3n) is 3.60. The highest BCUT2D eigenvalue weighted by molar-refractivity contribution is 6.20. The second kappa shape index (κ2) is 5.72. The number of carbonyl (C=O) groups is 1. The molecule has 0 saturated heterocycles. The van der Waals surface area contributed by atoms with Crippen molar-refractivity contribution in [1.29, 1.82) is 0 Å². The third-order valence-corrected chi connectivity index (χ3v) is 3.88. The van der Waals surface area contributed by atoms with E-state index in [1.807, 2.05) is 42.5 Å². The first-order valence-corrected chi connectivity index (χ1v) is 7.03. The van der Waals surface area contributed by atoms with E-state index in [1.54, 1.807) is 6.20 Å². The zero-order valence-electron chi connectivity index (χ0n) is 11.3. The van der Waals surface area contributed by atoms with Crippen molar-refractivity contribution in [3.8, 4) is 11.1 Å². The average Bonchev–Trinajstić information content (AvgIpc) is 2.84. The Morgan fingerprint density at radius 1 is 1.10 bits per heavy atom. The third kappa shape index (κ3) is 2.58. The summed E-state index contributed by atoms with van der Waals surface area (Å²) < 4.78 is 1.44. The van der Waals surface area contributed by atoms with Gasteiger partial charge < -0.3 is 5.11 Å². The van der Waals surface area contributed by atoms with Crippen LogP contribution >= 0.6 is 11.8 Å². The minimum atomic E-state index is 0.150. The van der Waals surface area contributed by atoms with Crippen LogP contribution in [0.2, 0.25) is 0 Å². The topological polar surface area (TPSA) is 42.2 Å². The highest BCUT2D eigenvalue weighted by atomic mass is 35.5. The van der Waals surface area contributed by atoms with Crippen LogP contribution in [0.4, 0.5) is 0 Å². The molecule has 0 radical (unpaired) electrons. The Kier molecular flexibility index (Phi) is 3.78. The maximum Gasteiger partial charge on any atom is 0.152 e. The number of benzene rings is 2. The fourth-order valence-electron chi connectivity index (χ4n) is 2.48. The van der Waals surface area contributed by atoms with E-state index in [4.69, 9.17) is 16.9 Å². The molecule has 3 rings (SSSR count). The number of hydrogen-bond donors (Lipinski definition) is 1.